The largest absolute Gasteiger partial charge is 0.490 e. The molecule has 176 valence electrons. The summed E-state index contributed by atoms with van der Waals surface area (Å²) >= 11 is 0. The number of nitrogens with two attached hydrogens (primary N) is 1. The van der Waals surface area contributed by atoms with E-state index < -0.39 is 12.1 Å². The van der Waals surface area contributed by atoms with Crippen LogP contribution in [0.5, 0.6) is 0 Å². The highest BCUT2D eigenvalue weighted by Gasteiger charge is 2.59. The first-order chi connectivity index (χ1) is 13.9. The Kier molecular flexibility index (Phi) is 8.65. The molecule has 0 heterocycles. The lowest BCUT2D eigenvalue weighted by Crippen LogP contribution is -2.64. The maximum Gasteiger partial charge on any atom is 0.490 e. The monoisotopic (exact) mass is 434 g/mol. The molecule has 4 saturated carbocycles. The Morgan fingerprint density at radius 2 is 1.40 bits per heavy atom. The van der Waals surface area contributed by atoms with E-state index >= 15 is 0 Å². The molecule has 0 aromatic carbocycles. The van der Waals surface area contributed by atoms with Crippen molar-refractivity contribution in [2.45, 2.75) is 109 Å². The van der Waals surface area contributed by atoms with E-state index in [1.807, 2.05) is 0 Å². The quantitative estimate of drug-likeness (QED) is 0.389. The van der Waals surface area contributed by atoms with E-state index in [-0.39, 0.29) is 0 Å². The van der Waals surface area contributed by atoms with Crippen molar-refractivity contribution in [3.8, 4) is 0 Å². The maximum atomic E-state index is 10.6. The predicted molar refractivity (Wildman–Crippen MR) is 113 cm³/mol. The van der Waals surface area contributed by atoms with Crippen molar-refractivity contribution in [3.63, 3.8) is 0 Å². The molecule has 2 unspecified atom stereocenters. The summed E-state index contributed by atoms with van der Waals surface area (Å²) in [4.78, 5) is 8.90. The molecule has 0 amide bonds. The van der Waals surface area contributed by atoms with Crippen molar-refractivity contribution in [2.24, 2.45) is 22.5 Å². The maximum absolute atomic E-state index is 10.6. The van der Waals surface area contributed by atoms with Crippen LogP contribution in [-0.4, -0.2) is 35.9 Å². The van der Waals surface area contributed by atoms with Crippen molar-refractivity contribution < 1.29 is 23.1 Å². The van der Waals surface area contributed by atoms with E-state index in [1.54, 1.807) is 0 Å². The molecule has 0 spiro atoms. The zero-order valence-corrected chi connectivity index (χ0v) is 18.8. The minimum Gasteiger partial charge on any atom is -0.475 e. The van der Waals surface area contributed by atoms with Gasteiger partial charge in [0.15, 0.2) is 0 Å². The molecular weight excluding hydrogens is 393 g/mol. The van der Waals surface area contributed by atoms with E-state index in [1.165, 1.54) is 90.0 Å². The fraction of sp³-hybridized carbons (Fsp3) is 0.957. The third-order valence-electron chi connectivity index (χ3n) is 7.25. The molecule has 4 aliphatic rings. The molecule has 0 radical (unpaired) electrons. The molecule has 4 nitrogen and oxygen atoms in total. The summed E-state index contributed by atoms with van der Waals surface area (Å²) in [6.07, 6.45) is 13.3. The molecule has 7 heteroatoms. The van der Waals surface area contributed by atoms with Crippen LogP contribution in [0.2, 0.25) is 0 Å². The van der Waals surface area contributed by atoms with Gasteiger partial charge in [-0.3, -0.25) is 0 Å². The van der Waals surface area contributed by atoms with Crippen LogP contribution in [0.4, 0.5) is 13.2 Å². The number of hydrogen-bond donors (Lipinski definition) is 3. The highest BCUT2D eigenvalue weighted by atomic mass is 19.4. The van der Waals surface area contributed by atoms with Gasteiger partial charge in [0.1, 0.15) is 0 Å². The van der Waals surface area contributed by atoms with Crippen molar-refractivity contribution in [2.75, 3.05) is 13.1 Å². The third kappa shape index (κ3) is 7.40. The molecule has 30 heavy (non-hydrogen) atoms. The van der Waals surface area contributed by atoms with Crippen LogP contribution in [0, 0.1) is 16.7 Å². The van der Waals surface area contributed by atoms with Gasteiger partial charge in [0.05, 0.1) is 0 Å². The predicted octanol–water partition coefficient (Wildman–Crippen LogP) is 5.65. The lowest BCUT2D eigenvalue weighted by atomic mass is 9.43. The summed E-state index contributed by atoms with van der Waals surface area (Å²) in [7, 11) is 0. The first-order valence-electron chi connectivity index (χ1n) is 11.7. The second-order valence-corrected chi connectivity index (χ2v) is 10.9. The minimum absolute atomic E-state index is 0.504. The van der Waals surface area contributed by atoms with Gasteiger partial charge in [-0.2, -0.15) is 13.2 Å². The third-order valence-corrected chi connectivity index (χ3v) is 7.25. The molecule has 0 aromatic heterocycles. The van der Waals surface area contributed by atoms with Crippen molar-refractivity contribution in [1.82, 2.24) is 5.32 Å². The molecule has 0 saturated heterocycles. The van der Waals surface area contributed by atoms with Crippen molar-refractivity contribution >= 4 is 5.97 Å². The second kappa shape index (κ2) is 10.2. The van der Waals surface area contributed by atoms with Gasteiger partial charge in [0, 0.05) is 5.54 Å². The Balaban J connectivity index is 0.000000396. The standard InChI is InChI=1S/C21H40N2.C2HF3O2/c1-19-12-18-13-20(2,15-19)17-21(14-18,16-19)23-11-9-7-5-3-4-6-8-10-22;3-2(4,5)1(6)7/h18,23H,3-17,22H2,1-2H3;(H,6,7). The molecular formula is C23H41F3N2O2. The fourth-order valence-corrected chi connectivity index (χ4v) is 7.15. The molecule has 0 aliphatic heterocycles. The van der Waals surface area contributed by atoms with Crippen molar-refractivity contribution in [1.29, 1.82) is 0 Å². The van der Waals surface area contributed by atoms with Gasteiger partial charge in [0.2, 0.25) is 0 Å². The topological polar surface area (TPSA) is 75.3 Å². The number of carboxylic acid groups (broad SMARTS) is 1. The zero-order chi connectivity index (χ0) is 22.5. The minimum atomic E-state index is -5.08. The number of carbonyl (C=O) groups is 1. The molecule has 4 aliphatic carbocycles. The van der Waals surface area contributed by atoms with E-state index in [9.17, 15) is 13.2 Å². The summed E-state index contributed by atoms with van der Waals surface area (Å²) in [5.41, 5.74) is 7.33. The normalized spacial score (nSPS) is 34.5. The molecule has 4 fully saturated rings. The van der Waals surface area contributed by atoms with Crippen LogP contribution in [0.1, 0.15) is 97.3 Å². The van der Waals surface area contributed by atoms with Crippen LogP contribution in [0.3, 0.4) is 0 Å². The summed E-state index contributed by atoms with van der Waals surface area (Å²) in [5.74, 6) is -1.75. The summed E-state index contributed by atoms with van der Waals surface area (Å²) < 4.78 is 31.7. The molecule has 4 bridgehead atoms. The highest BCUT2D eigenvalue weighted by molar-refractivity contribution is 5.73. The Bertz CT molecular complexity index is 549. The highest BCUT2D eigenvalue weighted by Crippen LogP contribution is 2.66. The smallest absolute Gasteiger partial charge is 0.475 e. The Labute approximate surface area is 179 Å². The lowest BCUT2D eigenvalue weighted by Gasteiger charge is -2.65. The number of rotatable bonds is 10. The number of alkyl halides is 3. The number of carboxylic acids is 1. The number of halogens is 3. The zero-order valence-electron chi connectivity index (χ0n) is 18.8. The van der Waals surface area contributed by atoms with Crippen LogP contribution in [0.15, 0.2) is 0 Å². The van der Waals surface area contributed by atoms with Gasteiger partial charge in [0.25, 0.3) is 0 Å². The summed E-state index contributed by atoms with van der Waals surface area (Å²) in [6, 6.07) is 0. The summed E-state index contributed by atoms with van der Waals surface area (Å²) in [5, 5.41) is 11.2. The molecule has 4 rings (SSSR count). The van der Waals surface area contributed by atoms with Gasteiger partial charge < -0.3 is 16.2 Å². The van der Waals surface area contributed by atoms with Crippen LogP contribution in [0.25, 0.3) is 0 Å². The fourth-order valence-electron chi connectivity index (χ4n) is 7.15. The second-order valence-electron chi connectivity index (χ2n) is 10.9. The SMILES string of the molecule is CC12CC3CC(C)(C1)CC(NCCCCCCCCCN)(C3)C2.O=C(O)C(F)(F)F. The van der Waals surface area contributed by atoms with Gasteiger partial charge in [-0.05, 0) is 81.2 Å². The lowest BCUT2D eigenvalue weighted by molar-refractivity contribution is -0.192. The molecule has 0 aromatic rings. The Hall–Kier alpha value is -0.820. The van der Waals surface area contributed by atoms with E-state index in [0.29, 0.717) is 16.4 Å². The van der Waals surface area contributed by atoms with Gasteiger partial charge >= 0.3 is 12.1 Å². The first kappa shape index (κ1) is 25.4. The van der Waals surface area contributed by atoms with Crippen LogP contribution < -0.4 is 11.1 Å². The Morgan fingerprint density at radius 3 is 1.83 bits per heavy atom. The van der Waals surface area contributed by atoms with Crippen molar-refractivity contribution in [3.05, 3.63) is 0 Å². The van der Waals surface area contributed by atoms with Gasteiger partial charge in [-0.1, -0.05) is 46.0 Å². The van der Waals surface area contributed by atoms with E-state index in [0.717, 1.165) is 12.5 Å². The molecule has 4 N–H and O–H groups in total. The van der Waals surface area contributed by atoms with E-state index in [4.69, 9.17) is 15.6 Å². The average Bonchev–Trinajstić information content (AvgIpc) is 2.57. The van der Waals surface area contributed by atoms with Gasteiger partial charge in [-0.25, -0.2) is 4.79 Å². The van der Waals surface area contributed by atoms with E-state index in [2.05, 4.69) is 19.2 Å². The average molecular weight is 435 g/mol. The number of hydrogen-bond acceptors (Lipinski definition) is 3. The number of unbranched alkanes of at least 4 members (excludes halogenated alkanes) is 6. The van der Waals surface area contributed by atoms with Crippen LogP contribution in [-0.2, 0) is 4.79 Å². The Morgan fingerprint density at radius 1 is 0.933 bits per heavy atom. The first-order valence-corrected chi connectivity index (χ1v) is 11.7. The number of aliphatic carboxylic acids is 1. The number of nitrogens with one attached hydrogen (secondary N) is 1. The summed E-state index contributed by atoms with van der Waals surface area (Å²) in [6.45, 7) is 7.27. The molecule has 2 atom stereocenters. The van der Waals surface area contributed by atoms with Gasteiger partial charge in [-0.15, -0.1) is 0 Å². The van der Waals surface area contributed by atoms with Crippen LogP contribution >= 0.6 is 0 Å².